The summed E-state index contributed by atoms with van der Waals surface area (Å²) in [5, 5.41) is 0.812. The lowest BCUT2D eigenvalue weighted by Gasteiger charge is -2.36. The lowest BCUT2D eigenvalue weighted by Crippen LogP contribution is -2.46. The fourth-order valence-electron chi connectivity index (χ4n) is 3.14. The number of furan rings is 1. The molecule has 3 nitrogen and oxygen atoms in total. The fourth-order valence-corrected chi connectivity index (χ4v) is 3.32. The molecule has 0 bridgehead atoms. The van der Waals surface area contributed by atoms with Gasteiger partial charge in [0.2, 0.25) is 0 Å². The van der Waals surface area contributed by atoms with Crippen LogP contribution >= 0.6 is 11.6 Å². The second kappa shape index (κ2) is 7.41. The Kier molecular flexibility index (Phi) is 5.29. The summed E-state index contributed by atoms with van der Waals surface area (Å²) < 4.78 is 5.73. The first-order valence-electron chi connectivity index (χ1n) is 8.41. The van der Waals surface area contributed by atoms with E-state index < -0.39 is 0 Å². The lowest BCUT2D eigenvalue weighted by molar-refractivity contribution is 0.246. The average molecular weight is 333 g/mol. The van der Waals surface area contributed by atoms with Crippen molar-refractivity contribution >= 4 is 17.3 Å². The van der Waals surface area contributed by atoms with Gasteiger partial charge in [0, 0.05) is 42.8 Å². The number of nitrogens with zero attached hydrogens (tertiary/aromatic N) is 2. The molecule has 1 aliphatic rings. The summed E-state index contributed by atoms with van der Waals surface area (Å²) in [5.41, 5.74) is 1.23. The molecule has 1 unspecified atom stereocenters. The van der Waals surface area contributed by atoms with Crippen LogP contribution in [0, 0.1) is 6.92 Å². The summed E-state index contributed by atoms with van der Waals surface area (Å²) >= 11 is 6.09. The van der Waals surface area contributed by atoms with Gasteiger partial charge in [-0.2, -0.15) is 0 Å². The molecule has 0 saturated carbocycles. The van der Waals surface area contributed by atoms with Gasteiger partial charge in [0.1, 0.15) is 11.5 Å². The Bertz CT molecular complexity index is 632. The first kappa shape index (κ1) is 16.4. The van der Waals surface area contributed by atoms with Crippen molar-refractivity contribution in [3.63, 3.8) is 0 Å². The molecular formula is C19H25ClN2O. The molecule has 1 fully saturated rings. The third-order valence-electron chi connectivity index (χ3n) is 4.67. The molecular weight excluding hydrogens is 308 g/mol. The third kappa shape index (κ3) is 4.30. The maximum Gasteiger partial charge on any atom is 0.107 e. The zero-order chi connectivity index (χ0) is 16.2. The molecule has 1 saturated heterocycles. The van der Waals surface area contributed by atoms with Crippen LogP contribution in [0.3, 0.4) is 0 Å². The summed E-state index contributed by atoms with van der Waals surface area (Å²) in [7, 11) is 0. The number of benzene rings is 1. The van der Waals surface area contributed by atoms with E-state index in [1.807, 2.05) is 19.1 Å². The molecule has 2 aromatic rings. The number of hydrogen-bond acceptors (Lipinski definition) is 3. The van der Waals surface area contributed by atoms with Gasteiger partial charge >= 0.3 is 0 Å². The summed E-state index contributed by atoms with van der Waals surface area (Å²) in [5.74, 6) is 2.59. The van der Waals surface area contributed by atoms with Gasteiger partial charge in [0.15, 0.2) is 0 Å². The van der Waals surface area contributed by atoms with Crippen LogP contribution in [0.1, 0.15) is 30.8 Å². The van der Waals surface area contributed by atoms with Crippen LogP contribution in [-0.2, 0) is 0 Å². The van der Waals surface area contributed by atoms with Crippen molar-refractivity contribution in [2.24, 2.45) is 0 Å². The Morgan fingerprint density at radius 2 is 1.91 bits per heavy atom. The van der Waals surface area contributed by atoms with E-state index in [0.29, 0.717) is 5.92 Å². The summed E-state index contributed by atoms with van der Waals surface area (Å²) in [6, 6.07) is 12.3. The predicted octanol–water partition coefficient (Wildman–Crippen LogP) is 4.56. The largest absolute Gasteiger partial charge is 0.466 e. The van der Waals surface area contributed by atoms with Crippen molar-refractivity contribution in [3.8, 4) is 0 Å². The van der Waals surface area contributed by atoms with Gasteiger partial charge in [-0.1, -0.05) is 24.6 Å². The van der Waals surface area contributed by atoms with Crippen LogP contribution in [0.15, 0.2) is 40.8 Å². The quantitative estimate of drug-likeness (QED) is 0.800. The van der Waals surface area contributed by atoms with Crippen molar-refractivity contribution in [1.29, 1.82) is 0 Å². The first-order valence-corrected chi connectivity index (χ1v) is 8.79. The summed E-state index contributed by atoms with van der Waals surface area (Å²) in [4.78, 5) is 4.97. The Morgan fingerprint density at radius 1 is 1.13 bits per heavy atom. The molecule has 1 aromatic carbocycles. The molecule has 0 N–H and O–H groups in total. The average Bonchev–Trinajstić information content (AvgIpc) is 3.00. The van der Waals surface area contributed by atoms with Crippen LogP contribution in [0.4, 0.5) is 5.69 Å². The minimum Gasteiger partial charge on any atom is -0.466 e. The molecule has 3 rings (SSSR count). The van der Waals surface area contributed by atoms with Crippen molar-refractivity contribution in [3.05, 3.63) is 52.9 Å². The SMILES string of the molecule is Cc1ccc(C(C)CCN2CCN(c3cccc(Cl)c3)CC2)o1. The second-order valence-corrected chi connectivity index (χ2v) is 6.88. The van der Waals surface area contributed by atoms with Crippen molar-refractivity contribution < 1.29 is 4.42 Å². The number of aryl methyl sites for hydroxylation is 1. The van der Waals surface area contributed by atoms with E-state index in [-0.39, 0.29) is 0 Å². The molecule has 23 heavy (non-hydrogen) atoms. The van der Waals surface area contributed by atoms with Gasteiger partial charge in [0.05, 0.1) is 0 Å². The van der Waals surface area contributed by atoms with Gasteiger partial charge in [-0.3, -0.25) is 4.90 Å². The van der Waals surface area contributed by atoms with E-state index in [0.717, 1.165) is 55.7 Å². The fraction of sp³-hybridized carbons (Fsp3) is 0.474. The van der Waals surface area contributed by atoms with Crippen LogP contribution in [-0.4, -0.2) is 37.6 Å². The number of piperazine rings is 1. The molecule has 2 heterocycles. The molecule has 0 amide bonds. The highest BCUT2D eigenvalue weighted by Gasteiger charge is 2.18. The van der Waals surface area contributed by atoms with Gasteiger partial charge in [-0.15, -0.1) is 0 Å². The highest BCUT2D eigenvalue weighted by Crippen LogP contribution is 2.23. The van der Waals surface area contributed by atoms with Crippen LogP contribution in [0.25, 0.3) is 0 Å². The first-order chi connectivity index (χ1) is 11.1. The number of rotatable bonds is 5. The molecule has 1 aromatic heterocycles. The number of halogens is 1. The van der Waals surface area contributed by atoms with E-state index in [4.69, 9.17) is 16.0 Å². The molecule has 4 heteroatoms. The summed E-state index contributed by atoms with van der Waals surface area (Å²) in [6.07, 6.45) is 1.14. The van der Waals surface area contributed by atoms with Crippen LogP contribution in [0.5, 0.6) is 0 Å². The Morgan fingerprint density at radius 3 is 2.57 bits per heavy atom. The smallest absolute Gasteiger partial charge is 0.107 e. The maximum atomic E-state index is 6.09. The van der Waals surface area contributed by atoms with E-state index in [2.05, 4.69) is 41.0 Å². The molecule has 0 radical (unpaired) electrons. The van der Waals surface area contributed by atoms with Crippen molar-refractivity contribution in [2.45, 2.75) is 26.2 Å². The second-order valence-electron chi connectivity index (χ2n) is 6.45. The van der Waals surface area contributed by atoms with Crippen LogP contribution < -0.4 is 4.90 Å². The standard InChI is InChI=1S/C19H25ClN2O/c1-15(19-7-6-16(2)23-19)8-9-21-10-12-22(13-11-21)18-5-3-4-17(20)14-18/h3-7,14-15H,8-13H2,1-2H3. The normalized spacial score (nSPS) is 17.4. The van der Waals surface area contributed by atoms with E-state index in [1.165, 1.54) is 5.69 Å². The zero-order valence-electron chi connectivity index (χ0n) is 14.0. The maximum absolute atomic E-state index is 6.09. The molecule has 1 atom stereocenters. The Hall–Kier alpha value is -1.45. The van der Waals surface area contributed by atoms with E-state index in [1.54, 1.807) is 0 Å². The minimum atomic E-state index is 0.481. The van der Waals surface area contributed by atoms with Gasteiger partial charge < -0.3 is 9.32 Å². The molecule has 0 aliphatic carbocycles. The molecule has 1 aliphatic heterocycles. The van der Waals surface area contributed by atoms with Crippen LogP contribution in [0.2, 0.25) is 5.02 Å². The highest BCUT2D eigenvalue weighted by molar-refractivity contribution is 6.30. The monoisotopic (exact) mass is 332 g/mol. The lowest BCUT2D eigenvalue weighted by atomic mass is 10.0. The number of anilines is 1. The van der Waals surface area contributed by atoms with Crippen molar-refractivity contribution in [1.82, 2.24) is 4.90 Å². The van der Waals surface area contributed by atoms with Crippen molar-refractivity contribution in [2.75, 3.05) is 37.6 Å². The van der Waals surface area contributed by atoms with E-state index >= 15 is 0 Å². The molecule has 124 valence electrons. The van der Waals surface area contributed by atoms with Gasteiger partial charge in [-0.25, -0.2) is 0 Å². The van der Waals surface area contributed by atoms with Gasteiger partial charge in [-0.05, 0) is 50.2 Å². The predicted molar refractivity (Wildman–Crippen MR) is 96.6 cm³/mol. The summed E-state index contributed by atoms with van der Waals surface area (Å²) in [6.45, 7) is 9.73. The Balaban J connectivity index is 1.46. The van der Waals surface area contributed by atoms with E-state index in [9.17, 15) is 0 Å². The number of hydrogen-bond donors (Lipinski definition) is 0. The third-order valence-corrected chi connectivity index (χ3v) is 4.91. The minimum absolute atomic E-state index is 0.481. The Labute approximate surface area is 143 Å². The topological polar surface area (TPSA) is 19.6 Å². The molecule has 0 spiro atoms. The zero-order valence-corrected chi connectivity index (χ0v) is 14.7. The highest BCUT2D eigenvalue weighted by atomic mass is 35.5. The van der Waals surface area contributed by atoms with Gasteiger partial charge in [0.25, 0.3) is 0 Å².